The maximum Gasteiger partial charge on any atom is 0.208 e. The summed E-state index contributed by atoms with van der Waals surface area (Å²) in [6.07, 6.45) is 11.8. The first kappa shape index (κ1) is 12.2. The maximum atomic E-state index is 5.50. The topological polar surface area (TPSA) is 42.2 Å². The number of nitrogens with zero attached hydrogens (tertiary/aromatic N) is 3. The molecule has 1 N–H and O–H groups in total. The largest absolute Gasteiger partial charge is 0.355 e. The summed E-state index contributed by atoms with van der Waals surface area (Å²) in [6.45, 7) is 0.767. The highest BCUT2D eigenvalue weighted by Crippen LogP contribution is 2.10. The fraction of sp³-hybridized carbons (Fsp3) is 0.125. The fourth-order valence-electron chi connectivity index (χ4n) is 2.17. The van der Waals surface area contributed by atoms with E-state index in [1.54, 1.807) is 12.4 Å². The van der Waals surface area contributed by atoms with Gasteiger partial charge < -0.3 is 5.32 Å². The molecule has 0 radical (unpaired) electrons. The Morgan fingerprint density at radius 3 is 2.95 bits per heavy atom. The molecule has 2 aromatic heterocycles. The molecule has 0 fully saturated rings. The van der Waals surface area contributed by atoms with Crippen LogP contribution in [0.15, 0.2) is 48.9 Å². The third-order valence-electron chi connectivity index (χ3n) is 3.17. The van der Waals surface area contributed by atoms with Crippen LogP contribution in [0.5, 0.6) is 0 Å². The number of nitrogens with one attached hydrogen (secondary N) is 1. The quantitative estimate of drug-likeness (QED) is 0.734. The molecule has 20 heavy (non-hydrogen) atoms. The molecule has 98 valence electrons. The van der Waals surface area contributed by atoms with Crippen molar-refractivity contribution in [2.24, 2.45) is 0 Å². The number of benzene rings is 1. The van der Waals surface area contributed by atoms with E-state index in [1.807, 2.05) is 34.9 Å². The van der Waals surface area contributed by atoms with E-state index in [9.17, 15) is 0 Å². The zero-order valence-electron chi connectivity index (χ0n) is 11.0. The molecule has 0 saturated heterocycles. The molecule has 0 aliphatic heterocycles. The van der Waals surface area contributed by atoms with Gasteiger partial charge in [0.1, 0.15) is 5.65 Å². The number of terminal acetylenes is 1. The first-order valence-corrected chi connectivity index (χ1v) is 6.45. The second kappa shape index (κ2) is 5.45. The van der Waals surface area contributed by atoms with E-state index in [-0.39, 0.29) is 0 Å². The van der Waals surface area contributed by atoms with Crippen LogP contribution in [0.25, 0.3) is 5.65 Å². The summed E-state index contributed by atoms with van der Waals surface area (Å²) in [5, 5.41) is 3.32. The minimum absolute atomic E-state index is 0.767. The van der Waals surface area contributed by atoms with Crippen LogP contribution >= 0.6 is 0 Å². The average molecular weight is 262 g/mol. The monoisotopic (exact) mass is 262 g/mol. The zero-order chi connectivity index (χ0) is 13.8. The van der Waals surface area contributed by atoms with Crippen LogP contribution in [0.4, 0.5) is 5.95 Å². The molecule has 3 rings (SSSR count). The van der Waals surface area contributed by atoms with Gasteiger partial charge in [-0.3, -0.25) is 4.40 Å². The molecule has 0 spiro atoms. The Hall–Kier alpha value is -2.80. The van der Waals surface area contributed by atoms with Crippen LogP contribution in [-0.2, 0) is 6.42 Å². The summed E-state index contributed by atoms with van der Waals surface area (Å²) in [6, 6.07) is 9.86. The van der Waals surface area contributed by atoms with Crippen molar-refractivity contribution in [2.45, 2.75) is 6.42 Å². The van der Waals surface area contributed by atoms with Crippen molar-refractivity contribution in [3.8, 4) is 12.3 Å². The molecule has 0 amide bonds. The Kier molecular flexibility index (Phi) is 3.34. The summed E-state index contributed by atoms with van der Waals surface area (Å²) in [5.41, 5.74) is 3.00. The van der Waals surface area contributed by atoms with E-state index in [4.69, 9.17) is 6.42 Å². The zero-order valence-corrected chi connectivity index (χ0v) is 11.0. The molecule has 0 aliphatic rings. The van der Waals surface area contributed by atoms with Gasteiger partial charge in [0.15, 0.2) is 0 Å². The number of rotatable bonds is 4. The van der Waals surface area contributed by atoms with Gasteiger partial charge in [-0.25, -0.2) is 9.97 Å². The smallest absolute Gasteiger partial charge is 0.208 e. The average Bonchev–Trinajstić information content (AvgIpc) is 2.97. The van der Waals surface area contributed by atoms with Gasteiger partial charge in [-0.15, -0.1) is 6.42 Å². The van der Waals surface area contributed by atoms with Crippen LogP contribution in [0.1, 0.15) is 11.1 Å². The van der Waals surface area contributed by atoms with Crippen molar-refractivity contribution in [2.75, 3.05) is 11.9 Å². The number of anilines is 1. The Morgan fingerprint density at radius 1 is 1.15 bits per heavy atom. The maximum absolute atomic E-state index is 5.50. The molecule has 4 nitrogen and oxygen atoms in total. The molecule has 0 saturated carbocycles. The van der Waals surface area contributed by atoms with Crippen LogP contribution in [0.3, 0.4) is 0 Å². The van der Waals surface area contributed by atoms with Crippen molar-refractivity contribution in [3.63, 3.8) is 0 Å². The van der Waals surface area contributed by atoms with E-state index < -0.39 is 0 Å². The Labute approximate surface area is 117 Å². The Bertz CT molecular complexity index is 767. The van der Waals surface area contributed by atoms with E-state index in [2.05, 4.69) is 27.3 Å². The fourth-order valence-corrected chi connectivity index (χ4v) is 2.17. The standard InChI is InChI=1S/C16H14N4/c1-2-13-5-3-4-6-14(13)7-9-18-16-19-10-8-15-17-11-12-20(15)16/h1,3-6,8,10-12H,7,9H2,(H,18,19). The van der Waals surface area contributed by atoms with Crippen molar-refractivity contribution in [1.29, 1.82) is 0 Å². The number of hydrogen-bond donors (Lipinski definition) is 1. The molecular weight excluding hydrogens is 248 g/mol. The second-order valence-electron chi connectivity index (χ2n) is 4.40. The van der Waals surface area contributed by atoms with Gasteiger partial charge >= 0.3 is 0 Å². The Morgan fingerprint density at radius 2 is 2.05 bits per heavy atom. The number of fused-ring (bicyclic) bond motifs is 1. The SMILES string of the molecule is C#Cc1ccccc1CCNc1nccc2nccn12. The van der Waals surface area contributed by atoms with Crippen LogP contribution < -0.4 is 5.32 Å². The molecule has 0 bridgehead atoms. The van der Waals surface area contributed by atoms with E-state index in [0.29, 0.717) is 0 Å². The molecular formula is C16H14N4. The van der Waals surface area contributed by atoms with Crippen molar-refractivity contribution in [1.82, 2.24) is 14.4 Å². The lowest BCUT2D eigenvalue weighted by atomic mass is 10.1. The predicted molar refractivity (Wildman–Crippen MR) is 79.6 cm³/mol. The normalized spacial score (nSPS) is 10.3. The molecule has 4 heteroatoms. The summed E-state index contributed by atoms with van der Waals surface area (Å²) in [5.74, 6) is 3.50. The molecule has 2 heterocycles. The van der Waals surface area contributed by atoms with Gasteiger partial charge in [-0.2, -0.15) is 0 Å². The lowest BCUT2D eigenvalue weighted by Gasteiger charge is -2.08. The van der Waals surface area contributed by atoms with Gasteiger partial charge in [0, 0.05) is 30.7 Å². The third-order valence-corrected chi connectivity index (χ3v) is 3.17. The number of aromatic nitrogens is 3. The minimum Gasteiger partial charge on any atom is -0.355 e. The van der Waals surface area contributed by atoms with Gasteiger partial charge in [-0.1, -0.05) is 24.1 Å². The van der Waals surface area contributed by atoms with Crippen LogP contribution in [-0.4, -0.2) is 20.9 Å². The molecule has 0 aliphatic carbocycles. The van der Waals surface area contributed by atoms with E-state index in [0.717, 1.165) is 30.1 Å². The van der Waals surface area contributed by atoms with Crippen molar-refractivity contribution >= 4 is 11.6 Å². The van der Waals surface area contributed by atoms with Gasteiger partial charge in [-0.05, 0) is 24.1 Å². The van der Waals surface area contributed by atoms with Crippen LogP contribution in [0.2, 0.25) is 0 Å². The third kappa shape index (κ3) is 2.34. The molecule has 1 aromatic carbocycles. The second-order valence-corrected chi connectivity index (χ2v) is 4.40. The first-order chi connectivity index (χ1) is 9.88. The lowest BCUT2D eigenvalue weighted by Crippen LogP contribution is -2.10. The van der Waals surface area contributed by atoms with Gasteiger partial charge in [0.2, 0.25) is 5.95 Å². The van der Waals surface area contributed by atoms with Crippen molar-refractivity contribution in [3.05, 3.63) is 60.0 Å². The van der Waals surface area contributed by atoms with E-state index in [1.165, 1.54) is 5.56 Å². The van der Waals surface area contributed by atoms with E-state index >= 15 is 0 Å². The van der Waals surface area contributed by atoms with Crippen LogP contribution in [0, 0.1) is 12.3 Å². The Balaban J connectivity index is 1.71. The summed E-state index contributed by atoms with van der Waals surface area (Å²) in [7, 11) is 0. The first-order valence-electron chi connectivity index (χ1n) is 6.45. The summed E-state index contributed by atoms with van der Waals surface area (Å²) >= 11 is 0. The lowest BCUT2D eigenvalue weighted by molar-refractivity contribution is 0.964. The van der Waals surface area contributed by atoms with Gasteiger partial charge in [0.05, 0.1) is 0 Å². The number of hydrogen-bond acceptors (Lipinski definition) is 3. The predicted octanol–water partition coefficient (Wildman–Crippen LogP) is 2.37. The highest BCUT2D eigenvalue weighted by atomic mass is 15.2. The minimum atomic E-state index is 0.767. The highest BCUT2D eigenvalue weighted by Gasteiger charge is 2.02. The molecule has 3 aromatic rings. The van der Waals surface area contributed by atoms with Crippen molar-refractivity contribution < 1.29 is 0 Å². The molecule has 0 unspecified atom stereocenters. The number of imidazole rings is 1. The van der Waals surface area contributed by atoms with Gasteiger partial charge in [0.25, 0.3) is 0 Å². The summed E-state index contributed by atoms with van der Waals surface area (Å²) in [4.78, 5) is 8.55. The summed E-state index contributed by atoms with van der Waals surface area (Å²) < 4.78 is 1.92. The molecule has 0 atom stereocenters. The highest BCUT2D eigenvalue weighted by molar-refractivity contribution is 5.45.